The lowest BCUT2D eigenvalue weighted by Gasteiger charge is -2.28. The SMILES string of the molecule is Cc1ccsc1CN(CCCO)CC1CC=CCC1. The van der Waals surface area contributed by atoms with Gasteiger partial charge in [0, 0.05) is 31.1 Å². The van der Waals surface area contributed by atoms with Crippen LogP contribution in [0.25, 0.3) is 0 Å². The van der Waals surface area contributed by atoms with Crippen LogP contribution < -0.4 is 0 Å². The van der Waals surface area contributed by atoms with Crippen molar-refractivity contribution < 1.29 is 5.11 Å². The molecule has 0 radical (unpaired) electrons. The lowest BCUT2D eigenvalue weighted by molar-refractivity contribution is 0.190. The summed E-state index contributed by atoms with van der Waals surface area (Å²) in [7, 11) is 0. The van der Waals surface area contributed by atoms with Crippen LogP contribution in [-0.4, -0.2) is 29.7 Å². The van der Waals surface area contributed by atoms with Gasteiger partial charge >= 0.3 is 0 Å². The summed E-state index contributed by atoms with van der Waals surface area (Å²) >= 11 is 1.86. The Labute approximate surface area is 120 Å². The molecule has 106 valence electrons. The molecule has 1 unspecified atom stereocenters. The number of allylic oxidation sites excluding steroid dienone is 2. The van der Waals surface area contributed by atoms with Crippen molar-refractivity contribution in [2.24, 2.45) is 5.92 Å². The van der Waals surface area contributed by atoms with Gasteiger partial charge in [-0.25, -0.2) is 0 Å². The molecule has 0 amide bonds. The van der Waals surface area contributed by atoms with Crippen LogP contribution in [0.4, 0.5) is 0 Å². The number of aliphatic hydroxyl groups is 1. The molecule has 1 aliphatic rings. The molecule has 19 heavy (non-hydrogen) atoms. The predicted octanol–water partition coefficient (Wildman–Crippen LogP) is 3.60. The molecule has 3 heteroatoms. The molecule has 0 saturated carbocycles. The van der Waals surface area contributed by atoms with Crippen molar-refractivity contribution in [3.05, 3.63) is 34.0 Å². The van der Waals surface area contributed by atoms with E-state index in [0.29, 0.717) is 6.61 Å². The van der Waals surface area contributed by atoms with Crippen molar-refractivity contribution in [1.82, 2.24) is 4.90 Å². The molecule has 0 aliphatic heterocycles. The van der Waals surface area contributed by atoms with Gasteiger partial charge in [-0.05, 0) is 55.5 Å². The molecule has 1 aromatic heterocycles. The second-order valence-electron chi connectivity index (χ2n) is 5.49. The zero-order valence-electron chi connectivity index (χ0n) is 11.8. The van der Waals surface area contributed by atoms with E-state index in [9.17, 15) is 0 Å². The van der Waals surface area contributed by atoms with Crippen LogP contribution in [0.15, 0.2) is 23.6 Å². The van der Waals surface area contributed by atoms with Crippen molar-refractivity contribution in [1.29, 1.82) is 0 Å². The summed E-state index contributed by atoms with van der Waals surface area (Å²) in [6.07, 6.45) is 9.28. The minimum Gasteiger partial charge on any atom is -0.396 e. The topological polar surface area (TPSA) is 23.5 Å². The number of rotatable bonds is 7. The number of aryl methyl sites for hydroxylation is 1. The van der Waals surface area contributed by atoms with E-state index in [2.05, 4.69) is 35.4 Å². The molecule has 1 aliphatic carbocycles. The van der Waals surface area contributed by atoms with Gasteiger partial charge in [-0.3, -0.25) is 4.90 Å². The number of hydrogen-bond donors (Lipinski definition) is 1. The van der Waals surface area contributed by atoms with E-state index in [4.69, 9.17) is 5.11 Å². The third kappa shape index (κ3) is 4.75. The maximum Gasteiger partial charge on any atom is 0.0443 e. The van der Waals surface area contributed by atoms with Gasteiger partial charge in [0.25, 0.3) is 0 Å². The van der Waals surface area contributed by atoms with Crippen molar-refractivity contribution in [3.8, 4) is 0 Å². The Morgan fingerprint density at radius 2 is 2.32 bits per heavy atom. The van der Waals surface area contributed by atoms with Gasteiger partial charge in [0.1, 0.15) is 0 Å². The average molecular weight is 279 g/mol. The normalized spacial score (nSPS) is 19.2. The van der Waals surface area contributed by atoms with E-state index in [-0.39, 0.29) is 0 Å². The molecule has 1 N–H and O–H groups in total. The molecule has 0 spiro atoms. The molecule has 1 atom stereocenters. The fourth-order valence-electron chi connectivity index (χ4n) is 2.69. The van der Waals surface area contributed by atoms with Crippen LogP contribution in [0, 0.1) is 12.8 Å². The highest BCUT2D eigenvalue weighted by Crippen LogP contribution is 2.22. The average Bonchev–Trinajstić information content (AvgIpc) is 2.83. The smallest absolute Gasteiger partial charge is 0.0443 e. The maximum absolute atomic E-state index is 9.07. The molecular weight excluding hydrogens is 254 g/mol. The highest BCUT2D eigenvalue weighted by Gasteiger charge is 2.16. The zero-order chi connectivity index (χ0) is 13.5. The van der Waals surface area contributed by atoms with Crippen LogP contribution in [0.1, 0.15) is 36.1 Å². The molecule has 0 fully saturated rings. The lowest BCUT2D eigenvalue weighted by atomic mass is 9.94. The number of thiophene rings is 1. The summed E-state index contributed by atoms with van der Waals surface area (Å²) in [5.41, 5.74) is 1.41. The Hall–Kier alpha value is -0.640. The molecule has 2 nitrogen and oxygen atoms in total. The van der Waals surface area contributed by atoms with Gasteiger partial charge in [0.2, 0.25) is 0 Å². The van der Waals surface area contributed by atoms with Gasteiger partial charge in [-0.15, -0.1) is 11.3 Å². The van der Waals surface area contributed by atoms with Crippen molar-refractivity contribution in [2.45, 2.75) is 39.2 Å². The first-order valence-corrected chi connectivity index (χ1v) is 8.18. The Morgan fingerprint density at radius 1 is 1.42 bits per heavy atom. The highest BCUT2D eigenvalue weighted by atomic mass is 32.1. The summed E-state index contributed by atoms with van der Waals surface area (Å²) in [5, 5.41) is 11.2. The third-order valence-corrected chi connectivity index (χ3v) is 4.87. The number of nitrogens with zero attached hydrogens (tertiary/aromatic N) is 1. The number of aliphatic hydroxyl groups excluding tert-OH is 1. The van der Waals surface area contributed by atoms with Crippen LogP contribution >= 0.6 is 11.3 Å². The van der Waals surface area contributed by atoms with E-state index in [1.54, 1.807) is 0 Å². The summed E-state index contributed by atoms with van der Waals surface area (Å²) < 4.78 is 0. The molecule has 1 aromatic rings. The third-order valence-electron chi connectivity index (χ3n) is 3.86. The second kappa shape index (κ2) is 7.83. The van der Waals surface area contributed by atoms with Crippen molar-refractivity contribution in [3.63, 3.8) is 0 Å². The first kappa shape index (κ1) is 14.8. The fraction of sp³-hybridized carbons (Fsp3) is 0.625. The van der Waals surface area contributed by atoms with Gasteiger partial charge in [0.05, 0.1) is 0 Å². The summed E-state index contributed by atoms with van der Waals surface area (Å²) in [6, 6.07) is 2.20. The molecule has 0 bridgehead atoms. The van der Waals surface area contributed by atoms with Crippen molar-refractivity contribution in [2.75, 3.05) is 19.7 Å². The zero-order valence-corrected chi connectivity index (χ0v) is 12.7. The van der Waals surface area contributed by atoms with Gasteiger partial charge in [-0.2, -0.15) is 0 Å². The number of hydrogen-bond acceptors (Lipinski definition) is 3. The summed E-state index contributed by atoms with van der Waals surface area (Å²) in [5.74, 6) is 0.795. The Bertz CT molecular complexity index is 399. The summed E-state index contributed by atoms with van der Waals surface area (Å²) in [6.45, 7) is 5.71. The molecule has 0 saturated heterocycles. The second-order valence-corrected chi connectivity index (χ2v) is 6.49. The van der Waals surface area contributed by atoms with Crippen LogP contribution in [-0.2, 0) is 6.54 Å². The standard InChI is InChI=1S/C16H25NOS/c1-14-8-11-19-16(14)13-17(9-5-10-18)12-15-6-3-2-4-7-15/h2-3,8,11,15,18H,4-7,9-10,12-13H2,1H3. The van der Waals surface area contributed by atoms with Crippen molar-refractivity contribution >= 4 is 11.3 Å². The predicted molar refractivity (Wildman–Crippen MR) is 82.5 cm³/mol. The van der Waals surface area contributed by atoms with E-state index < -0.39 is 0 Å². The molecular formula is C16H25NOS. The quantitative estimate of drug-likeness (QED) is 0.771. The Balaban J connectivity index is 1.91. The highest BCUT2D eigenvalue weighted by molar-refractivity contribution is 7.10. The van der Waals surface area contributed by atoms with Crippen LogP contribution in [0.5, 0.6) is 0 Å². The van der Waals surface area contributed by atoms with Gasteiger partial charge in [0.15, 0.2) is 0 Å². The Morgan fingerprint density at radius 3 is 2.95 bits per heavy atom. The van der Waals surface area contributed by atoms with Gasteiger partial charge < -0.3 is 5.11 Å². The van der Waals surface area contributed by atoms with E-state index in [1.807, 2.05) is 11.3 Å². The first-order chi connectivity index (χ1) is 9.29. The van der Waals surface area contributed by atoms with Crippen LogP contribution in [0.2, 0.25) is 0 Å². The largest absolute Gasteiger partial charge is 0.396 e. The maximum atomic E-state index is 9.07. The molecule has 0 aromatic carbocycles. The fourth-order valence-corrected chi connectivity index (χ4v) is 3.63. The first-order valence-electron chi connectivity index (χ1n) is 7.30. The van der Waals surface area contributed by atoms with E-state index in [0.717, 1.165) is 25.4 Å². The lowest BCUT2D eigenvalue weighted by Crippen LogP contribution is -2.31. The monoisotopic (exact) mass is 279 g/mol. The molecule has 1 heterocycles. The summed E-state index contributed by atoms with van der Waals surface area (Å²) in [4.78, 5) is 4.00. The Kier molecular flexibility index (Phi) is 6.08. The van der Waals surface area contributed by atoms with Gasteiger partial charge in [-0.1, -0.05) is 12.2 Å². The van der Waals surface area contributed by atoms with Crippen LogP contribution in [0.3, 0.4) is 0 Å². The minimum absolute atomic E-state index is 0.296. The van der Waals surface area contributed by atoms with E-state index in [1.165, 1.54) is 36.2 Å². The molecule has 2 rings (SSSR count). The van der Waals surface area contributed by atoms with E-state index >= 15 is 0 Å². The minimum atomic E-state index is 0.296.